The van der Waals surface area contributed by atoms with Crippen molar-refractivity contribution in [2.24, 2.45) is 0 Å². The Morgan fingerprint density at radius 1 is 1.53 bits per heavy atom. The lowest BCUT2D eigenvalue weighted by Crippen LogP contribution is -2.16. The summed E-state index contributed by atoms with van der Waals surface area (Å²) < 4.78 is 3.35. The fraction of sp³-hybridized carbons (Fsp3) is 0.417. The van der Waals surface area contributed by atoms with E-state index in [-0.39, 0.29) is 0 Å². The Labute approximate surface area is 114 Å². The molecule has 2 aromatic rings. The SMILES string of the molecule is CCCNCc1cncn1Cc1cc(Br)cs1. The van der Waals surface area contributed by atoms with E-state index in [0.717, 1.165) is 30.5 Å². The number of aromatic nitrogens is 2. The van der Waals surface area contributed by atoms with E-state index >= 15 is 0 Å². The molecule has 0 spiro atoms. The molecule has 0 radical (unpaired) electrons. The summed E-state index contributed by atoms with van der Waals surface area (Å²) in [4.78, 5) is 5.56. The van der Waals surface area contributed by atoms with Gasteiger partial charge in [0.25, 0.3) is 0 Å². The van der Waals surface area contributed by atoms with Gasteiger partial charge in [0.2, 0.25) is 0 Å². The van der Waals surface area contributed by atoms with Crippen molar-refractivity contribution in [3.05, 3.63) is 39.0 Å². The Kier molecular flexibility index (Phi) is 4.76. The number of halogens is 1. The van der Waals surface area contributed by atoms with E-state index in [4.69, 9.17) is 0 Å². The lowest BCUT2D eigenvalue weighted by molar-refractivity contribution is 0.632. The van der Waals surface area contributed by atoms with Crippen molar-refractivity contribution < 1.29 is 0 Å². The molecule has 0 aliphatic carbocycles. The normalized spacial score (nSPS) is 10.9. The van der Waals surface area contributed by atoms with Gasteiger partial charge in [0.1, 0.15) is 0 Å². The minimum absolute atomic E-state index is 0.889. The average Bonchev–Trinajstić information content (AvgIpc) is 2.90. The molecule has 0 fully saturated rings. The van der Waals surface area contributed by atoms with Crippen LogP contribution in [0.25, 0.3) is 0 Å². The summed E-state index contributed by atoms with van der Waals surface area (Å²) in [6.45, 7) is 5.02. The van der Waals surface area contributed by atoms with Gasteiger partial charge in [-0.05, 0) is 35.0 Å². The Hall–Kier alpha value is -0.650. The molecular formula is C12H16BrN3S. The van der Waals surface area contributed by atoms with Gasteiger partial charge in [-0.2, -0.15) is 0 Å². The molecule has 0 unspecified atom stereocenters. The highest BCUT2D eigenvalue weighted by Crippen LogP contribution is 2.21. The fourth-order valence-corrected chi connectivity index (χ4v) is 3.08. The molecule has 0 aliphatic rings. The number of rotatable bonds is 6. The minimum atomic E-state index is 0.889. The topological polar surface area (TPSA) is 29.9 Å². The van der Waals surface area contributed by atoms with Crippen LogP contribution in [-0.4, -0.2) is 16.1 Å². The van der Waals surface area contributed by atoms with E-state index in [9.17, 15) is 0 Å². The Morgan fingerprint density at radius 2 is 2.41 bits per heavy atom. The molecule has 17 heavy (non-hydrogen) atoms. The predicted octanol–water partition coefficient (Wildman–Crippen LogP) is 3.26. The Balaban J connectivity index is 1.98. The first-order valence-corrected chi connectivity index (χ1v) is 7.39. The van der Waals surface area contributed by atoms with Crippen LogP contribution in [0.5, 0.6) is 0 Å². The minimum Gasteiger partial charge on any atom is -0.328 e. The van der Waals surface area contributed by atoms with Crippen molar-refractivity contribution >= 4 is 27.3 Å². The third kappa shape index (κ3) is 3.66. The maximum atomic E-state index is 4.22. The summed E-state index contributed by atoms with van der Waals surface area (Å²) in [5.41, 5.74) is 1.24. The van der Waals surface area contributed by atoms with E-state index in [1.165, 1.54) is 10.6 Å². The first-order valence-electron chi connectivity index (χ1n) is 5.72. The maximum Gasteiger partial charge on any atom is 0.0952 e. The fourth-order valence-electron chi connectivity index (χ4n) is 1.64. The van der Waals surface area contributed by atoms with Crippen LogP contribution in [0.4, 0.5) is 0 Å². The van der Waals surface area contributed by atoms with E-state index < -0.39 is 0 Å². The van der Waals surface area contributed by atoms with Gasteiger partial charge in [0.15, 0.2) is 0 Å². The number of hydrogen-bond acceptors (Lipinski definition) is 3. The van der Waals surface area contributed by atoms with Gasteiger partial charge in [-0.25, -0.2) is 4.98 Å². The molecule has 3 nitrogen and oxygen atoms in total. The molecule has 0 saturated heterocycles. The van der Waals surface area contributed by atoms with Crippen molar-refractivity contribution in [1.29, 1.82) is 0 Å². The van der Waals surface area contributed by atoms with Crippen LogP contribution in [0.15, 0.2) is 28.4 Å². The van der Waals surface area contributed by atoms with Crippen LogP contribution in [0.2, 0.25) is 0 Å². The third-order valence-electron chi connectivity index (χ3n) is 2.48. The number of nitrogens with one attached hydrogen (secondary N) is 1. The molecule has 0 aromatic carbocycles. The van der Waals surface area contributed by atoms with Crippen LogP contribution in [0.3, 0.4) is 0 Å². The second-order valence-corrected chi connectivity index (χ2v) is 5.83. The van der Waals surface area contributed by atoms with Gasteiger partial charge in [-0.1, -0.05) is 6.92 Å². The van der Waals surface area contributed by atoms with Crippen molar-refractivity contribution in [2.45, 2.75) is 26.4 Å². The van der Waals surface area contributed by atoms with E-state index in [1.807, 2.05) is 12.5 Å². The van der Waals surface area contributed by atoms with Gasteiger partial charge in [0, 0.05) is 27.5 Å². The first-order chi connectivity index (χ1) is 8.29. The molecule has 0 amide bonds. The van der Waals surface area contributed by atoms with Crippen molar-refractivity contribution in [3.8, 4) is 0 Å². The van der Waals surface area contributed by atoms with E-state index in [0.29, 0.717) is 0 Å². The Morgan fingerprint density at radius 3 is 3.12 bits per heavy atom. The molecule has 2 heterocycles. The van der Waals surface area contributed by atoms with Crippen molar-refractivity contribution in [3.63, 3.8) is 0 Å². The summed E-state index contributed by atoms with van der Waals surface area (Å²) in [5, 5.41) is 5.51. The van der Waals surface area contributed by atoms with Gasteiger partial charge in [-0.15, -0.1) is 11.3 Å². The van der Waals surface area contributed by atoms with Crippen molar-refractivity contribution in [1.82, 2.24) is 14.9 Å². The zero-order valence-corrected chi connectivity index (χ0v) is 12.2. The van der Waals surface area contributed by atoms with Crippen LogP contribution >= 0.6 is 27.3 Å². The zero-order chi connectivity index (χ0) is 12.1. The van der Waals surface area contributed by atoms with Crippen LogP contribution in [0, 0.1) is 0 Å². The average molecular weight is 314 g/mol. The Bertz CT molecular complexity index is 464. The van der Waals surface area contributed by atoms with Gasteiger partial charge in [0.05, 0.1) is 18.6 Å². The summed E-state index contributed by atoms with van der Waals surface area (Å²) in [7, 11) is 0. The molecule has 2 rings (SSSR count). The van der Waals surface area contributed by atoms with Gasteiger partial charge < -0.3 is 9.88 Å². The predicted molar refractivity (Wildman–Crippen MR) is 75.3 cm³/mol. The molecule has 5 heteroatoms. The van der Waals surface area contributed by atoms with Crippen molar-refractivity contribution in [2.75, 3.05) is 6.54 Å². The molecule has 0 atom stereocenters. The molecule has 0 bridgehead atoms. The maximum absolute atomic E-state index is 4.22. The monoisotopic (exact) mass is 313 g/mol. The highest BCUT2D eigenvalue weighted by molar-refractivity contribution is 9.10. The molecule has 92 valence electrons. The summed E-state index contributed by atoms with van der Waals surface area (Å²) in [6.07, 6.45) is 4.99. The largest absolute Gasteiger partial charge is 0.328 e. The summed E-state index contributed by atoms with van der Waals surface area (Å²) >= 11 is 5.25. The molecular weight excluding hydrogens is 298 g/mol. The highest BCUT2D eigenvalue weighted by atomic mass is 79.9. The zero-order valence-electron chi connectivity index (χ0n) is 9.82. The summed E-state index contributed by atoms with van der Waals surface area (Å²) in [6, 6.07) is 2.16. The second-order valence-electron chi connectivity index (χ2n) is 3.92. The first kappa shape index (κ1) is 12.8. The highest BCUT2D eigenvalue weighted by Gasteiger charge is 2.04. The van der Waals surface area contributed by atoms with E-state index in [1.54, 1.807) is 11.3 Å². The number of thiophene rings is 1. The molecule has 2 aromatic heterocycles. The van der Waals surface area contributed by atoms with Crippen LogP contribution in [-0.2, 0) is 13.1 Å². The number of nitrogens with zero attached hydrogens (tertiary/aromatic N) is 2. The lowest BCUT2D eigenvalue weighted by Gasteiger charge is -2.07. The number of imidazole rings is 1. The molecule has 0 aliphatic heterocycles. The van der Waals surface area contributed by atoms with Crippen LogP contribution in [0.1, 0.15) is 23.9 Å². The second kappa shape index (κ2) is 6.33. The smallest absolute Gasteiger partial charge is 0.0952 e. The van der Waals surface area contributed by atoms with Crippen LogP contribution < -0.4 is 5.32 Å². The van der Waals surface area contributed by atoms with E-state index in [2.05, 4.69) is 49.2 Å². The van der Waals surface area contributed by atoms with Gasteiger partial charge in [-0.3, -0.25) is 0 Å². The third-order valence-corrected chi connectivity index (χ3v) is 4.16. The quantitative estimate of drug-likeness (QED) is 0.830. The molecule has 1 N–H and O–H groups in total. The lowest BCUT2D eigenvalue weighted by atomic mass is 10.4. The molecule has 0 saturated carbocycles. The summed E-state index contributed by atoms with van der Waals surface area (Å²) in [5.74, 6) is 0. The standard InChI is InChI=1S/C12H16BrN3S/c1-2-3-14-5-11-6-15-9-16(11)7-12-4-10(13)8-17-12/h4,6,8-9,14H,2-3,5,7H2,1H3. The number of hydrogen-bond donors (Lipinski definition) is 1. The van der Waals surface area contributed by atoms with Gasteiger partial charge >= 0.3 is 0 Å².